The molecule has 1 aliphatic rings. The van der Waals surface area contributed by atoms with E-state index in [1.54, 1.807) is 0 Å². The Morgan fingerprint density at radius 2 is 1.57 bits per heavy atom. The smallest absolute Gasteiger partial charge is 0.407 e. The van der Waals surface area contributed by atoms with Gasteiger partial charge in [0, 0.05) is 9.49 Å². The number of hydrogen-bond donors (Lipinski definition) is 3. The summed E-state index contributed by atoms with van der Waals surface area (Å²) in [6.45, 7) is -1.38. The summed E-state index contributed by atoms with van der Waals surface area (Å²) < 4.78 is 34.5. The van der Waals surface area contributed by atoms with E-state index in [1.165, 1.54) is 18.2 Å². The molecule has 0 bridgehead atoms. The fourth-order valence-electron chi connectivity index (χ4n) is 3.93. The van der Waals surface area contributed by atoms with Gasteiger partial charge < -0.3 is 20.5 Å². The lowest BCUT2D eigenvalue weighted by Gasteiger charge is -2.18. The molecule has 35 heavy (non-hydrogen) atoms. The molecular weight excluding hydrogens is 573 g/mol. The Morgan fingerprint density at radius 3 is 2.17 bits per heavy atom. The monoisotopic (exact) mass is 592 g/mol. The fraction of sp³-hybridized carbons (Fsp3) is 0.160. The number of rotatable bonds is 7. The number of carbonyl (C=O) groups excluding carboxylic acids is 2. The first kappa shape index (κ1) is 24.6. The molecule has 4 rings (SSSR count). The van der Waals surface area contributed by atoms with Crippen LogP contribution in [0.25, 0.3) is 11.1 Å². The van der Waals surface area contributed by atoms with Crippen LogP contribution in [0.4, 0.5) is 19.3 Å². The Balaban J connectivity index is 1.36. The van der Waals surface area contributed by atoms with E-state index in [1.807, 2.05) is 81.8 Å². The van der Waals surface area contributed by atoms with Crippen LogP contribution in [0.3, 0.4) is 0 Å². The number of carbonyl (C=O) groups is 3. The van der Waals surface area contributed by atoms with Crippen LogP contribution in [0.2, 0.25) is 0 Å². The van der Waals surface area contributed by atoms with Gasteiger partial charge in [0.2, 0.25) is 0 Å². The van der Waals surface area contributed by atoms with Gasteiger partial charge in [-0.2, -0.15) is 8.78 Å². The number of hydrogen-bond acceptors (Lipinski definition) is 4. The minimum Gasteiger partial charge on any atom is -0.478 e. The molecule has 0 aromatic heterocycles. The van der Waals surface area contributed by atoms with Crippen LogP contribution in [-0.4, -0.2) is 42.2 Å². The zero-order valence-corrected chi connectivity index (χ0v) is 20.2. The molecule has 0 radical (unpaired) electrons. The van der Waals surface area contributed by atoms with Crippen molar-refractivity contribution in [3.63, 3.8) is 0 Å². The lowest BCUT2D eigenvalue weighted by atomic mass is 9.98. The molecule has 3 N–H and O–H groups in total. The van der Waals surface area contributed by atoms with Gasteiger partial charge in [0.05, 0.1) is 17.8 Å². The molecular formula is C25H19F2IN2O5. The molecule has 3 aromatic rings. The quantitative estimate of drug-likeness (QED) is 0.332. The number of amides is 2. The molecule has 7 nitrogen and oxygen atoms in total. The Kier molecular flexibility index (Phi) is 7.01. The molecule has 0 unspecified atom stereocenters. The molecule has 1 aliphatic carbocycles. The van der Waals surface area contributed by atoms with E-state index < -0.39 is 30.4 Å². The van der Waals surface area contributed by atoms with Crippen molar-refractivity contribution in [3.05, 3.63) is 87.0 Å². The van der Waals surface area contributed by atoms with Crippen molar-refractivity contribution in [2.75, 3.05) is 18.5 Å². The summed E-state index contributed by atoms with van der Waals surface area (Å²) >= 11 is 1.86. The predicted octanol–water partition coefficient (Wildman–Crippen LogP) is 5.10. The fourth-order valence-corrected chi connectivity index (χ4v) is 4.42. The van der Waals surface area contributed by atoms with E-state index in [2.05, 4.69) is 0 Å². The SMILES string of the molecule is O=C(NCC(F)(F)C(=O)Nc1ccc(I)cc1C(=O)O)OCC1c2ccccc2-c2ccccc21. The van der Waals surface area contributed by atoms with E-state index in [0.29, 0.717) is 3.57 Å². The Labute approximate surface area is 212 Å². The summed E-state index contributed by atoms with van der Waals surface area (Å²) in [5, 5.41) is 13.1. The predicted molar refractivity (Wildman–Crippen MR) is 133 cm³/mol. The first-order valence-corrected chi connectivity index (χ1v) is 11.6. The number of anilines is 1. The maximum Gasteiger partial charge on any atom is 0.407 e. The van der Waals surface area contributed by atoms with Crippen molar-refractivity contribution < 1.29 is 33.0 Å². The molecule has 2 amide bonds. The first-order valence-electron chi connectivity index (χ1n) is 10.5. The van der Waals surface area contributed by atoms with Crippen molar-refractivity contribution >= 4 is 46.2 Å². The second-order valence-electron chi connectivity index (χ2n) is 7.83. The van der Waals surface area contributed by atoms with E-state index in [9.17, 15) is 28.3 Å². The highest BCUT2D eigenvalue weighted by Gasteiger charge is 2.40. The van der Waals surface area contributed by atoms with Crippen molar-refractivity contribution in [1.82, 2.24) is 5.32 Å². The van der Waals surface area contributed by atoms with Gasteiger partial charge in [0.25, 0.3) is 5.91 Å². The number of carboxylic acids is 1. The lowest BCUT2D eigenvalue weighted by Crippen LogP contribution is -2.45. The van der Waals surface area contributed by atoms with Crippen molar-refractivity contribution in [2.24, 2.45) is 0 Å². The zero-order valence-electron chi connectivity index (χ0n) is 18.1. The molecule has 0 saturated heterocycles. The minimum atomic E-state index is -4.01. The Hall–Kier alpha value is -3.54. The number of nitrogens with one attached hydrogen (secondary N) is 2. The highest BCUT2D eigenvalue weighted by atomic mass is 127. The maximum absolute atomic E-state index is 14.4. The van der Waals surface area contributed by atoms with E-state index >= 15 is 0 Å². The van der Waals surface area contributed by atoms with Crippen LogP contribution >= 0.6 is 22.6 Å². The van der Waals surface area contributed by atoms with Gasteiger partial charge in [-0.1, -0.05) is 48.5 Å². The summed E-state index contributed by atoms with van der Waals surface area (Å²) in [7, 11) is 0. The van der Waals surface area contributed by atoms with Gasteiger partial charge in [-0.25, -0.2) is 9.59 Å². The molecule has 0 saturated carbocycles. The lowest BCUT2D eigenvalue weighted by molar-refractivity contribution is -0.138. The Morgan fingerprint density at radius 1 is 0.971 bits per heavy atom. The number of benzene rings is 3. The van der Waals surface area contributed by atoms with E-state index in [4.69, 9.17) is 4.74 Å². The number of fused-ring (bicyclic) bond motifs is 3. The highest BCUT2D eigenvalue weighted by Crippen LogP contribution is 2.44. The van der Waals surface area contributed by atoms with Crippen LogP contribution < -0.4 is 10.6 Å². The van der Waals surface area contributed by atoms with Gasteiger partial charge >= 0.3 is 18.0 Å². The number of aromatic carboxylic acids is 1. The average molecular weight is 592 g/mol. The van der Waals surface area contributed by atoms with Crippen LogP contribution in [0, 0.1) is 3.57 Å². The number of alkyl halides is 2. The summed E-state index contributed by atoms with van der Waals surface area (Å²) in [6, 6.07) is 19.3. The third-order valence-electron chi connectivity index (χ3n) is 5.59. The molecule has 0 fully saturated rings. The zero-order chi connectivity index (χ0) is 25.2. The minimum absolute atomic E-state index is 0.0672. The van der Waals surface area contributed by atoms with Crippen LogP contribution in [-0.2, 0) is 9.53 Å². The van der Waals surface area contributed by atoms with Crippen LogP contribution in [0.1, 0.15) is 27.4 Å². The number of carboxylic acid groups (broad SMARTS) is 1. The van der Waals surface area contributed by atoms with E-state index in [-0.39, 0.29) is 23.8 Å². The molecule has 3 aromatic carbocycles. The average Bonchev–Trinajstić information content (AvgIpc) is 3.16. The van der Waals surface area contributed by atoms with Crippen LogP contribution in [0.5, 0.6) is 0 Å². The second kappa shape index (κ2) is 9.98. The third-order valence-corrected chi connectivity index (χ3v) is 6.26. The highest BCUT2D eigenvalue weighted by molar-refractivity contribution is 14.1. The van der Waals surface area contributed by atoms with Crippen molar-refractivity contribution in [2.45, 2.75) is 11.8 Å². The Bertz CT molecular complexity index is 1270. The normalized spacial score (nSPS) is 12.4. The largest absolute Gasteiger partial charge is 0.478 e. The number of alkyl carbamates (subject to hydrolysis) is 1. The third kappa shape index (κ3) is 5.26. The van der Waals surface area contributed by atoms with Gasteiger partial charge in [-0.05, 0) is 63.0 Å². The summed E-state index contributed by atoms with van der Waals surface area (Å²) in [5.41, 5.74) is 3.39. The molecule has 0 spiro atoms. The number of halogens is 3. The van der Waals surface area contributed by atoms with Gasteiger partial charge in [-0.15, -0.1) is 0 Å². The molecule has 10 heteroatoms. The summed E-state index contributed by atoms with van der Waals surface area (Å²) in [6.07, 6.45) is -1.10. The second-order valence-corrected chi connectivity index (χ2v) is 9.08. The molecule has 0 heterocycles. The maximum atomic E-state index is 14.4. The van der Waals surface area contributed by atoms with Gasteiger partial charge in [0.15, 0.2) is 0 Å². The molecule has 0 atom stereocenters. The van der Waals surface area contributed by atoms with Crippen molar-refractivity contribution in [3.8, 4) is 11.1 Å². The van der Waals surface area contributed by atoms with Gasteiger partial charge in [-0.3, -0.25) is 4.79 Å². The van der Waals surface area contributed by atoms with Crippen LogP contribution in [0.15, 0.2) is 66.7 Å². The molecule has 0 aliphatic heterocycles. The summed E-state index contributed by atoms with van der Waals surface area (Å²) in [5.74, 6) is -7.38. The molecule has 180 valence electrons. The first-order chi connectivity index (χ1) is 16.7. The van der Waals surface area contributed by atoms with Gasteiger partial charge in [0.1, 0.15) is 6.61 Å². The van der Waals surface area contributed by atoms with Crippen molar-refractivity contribution in [1.29, 1.82) is 0 Å². The van der Waals surface area contributed by atoms with E-state index in [0.717, 1.165) is 22.3 Å². The number of ether oxygens (including phenoxy) is 1. The topological polar surface area (TPSA) is 105 Å². The summed E-state index contributed by atoms with van der Waals surface area (Å²) in [4.78, 5) is 35.6. The standard InChI is InChI=1S/C25H19F2IN2O5/c26-25(27,23(33)30-21-10-9-14(28)11-19(21)22(31)32)13-29-24(34)35-12-20-17-7-3-1-5-15(17)16-6-2-4-8-18(16)20/h1-11,20H,12-13H2,(H,29,34)(H,30,33)(H,31,32).